The molecule has 5 aromatic rings. The Morgan fingerprint density at radius 3 is 1.87 bits per heavy atom. The molecule has 1 aromatic heterocycles. The second kappa shape index (κ2) is 13.4. The molecule has 0 aliphatic rings. The third kappa shape index (κ3) is 6.99. The number of hydrogen-bond acceptors (Lipinski definition) is 1. The second-order valence-electron chi connectivity index (χ2n) is 9.35. The molecule has 0 spiro atoms. The van der Waals surface area contributed by atoms with Crippen LogP contribution in [0, 0.1) is 0 Å². The van der Waals surface area contributed by atoms with E-state index in [9.17, 15) is 0 Å². The Labute approximate surface area is 229 Å². The second-order valence-corrected chi connectivity index (χ2v) is 11.2. The summed E-state index contributed by atoms with van der Waals surface area (Å²) in [4.78, 5) is 4.71. The van der Waals surface area contributed by atoms with Gasteiger partial charge in [0.15, 0.2) is 0 Å². The first kappa shape index (κ1) is 25.5. The fraction of sp³-hybridized carbons (Fsp3) is 0.0882. The highest BCUT2D eigenvalue weighted by Crippen LogP contribution is 2.24. The molecule has 0 saturated heterocycles. The highest BCUT2D eigenvalue weighted by molar-refractivity contribution is 6.73. The molecule has 0 aliphatic heterocycles. The first-order chi connectivity index (χ1) is 18.9. The Morgan fingerprint density at radius 2 is 1.26 bits per heavy atom. The van der Waals surface area contributed by atoms with Crippen molar-refractivity contribution < 1.29 is 0 Å². The minimum atomic E-state index is -0.296. The van der Waals surface area contributed by atoms with Crippen LogP contribution < -0.4 is 5.72 Å². The Hall–Kier alpha value is -4.15. The van der Waals surface area contributed by atoms with Gasteiger partial charge in [0, 0.05) is 28.1 Å². The average molecular weight is 508 g/mol. The van der Waals surface area contributed by atoms with E-state index in [0.29, 0.717) is 0 Å². The van der Waals surface area contributed by atoms with Crippen molar-refractivity contribution in [3.05, 3.63) is 162 Å². The Kier molecular flexibility index (Phi) is 9.00. The van der Waals surface area contributed by atoms with E-state index in [1.807, 2.05) is 6.20 Å². The van der Waals surface area contributed by atoms with Crippen LogP contribution in [0.15, 0.2) is 140 Å². The van der Waals surface area contributed by atoms with Crippen LogP contribution in [-0.4, -0.2) is 26.4 Å². The zero-order valence-corrected chi connectivity index (χ0v) is 23.1. The maximum Gasteiger partial charge on any atom is 0.241 e. The maximum atomic E-state index is 4.71. The van der Waals surface area contributed by atoms with Gasteiger partial charge in [-0.2, -0.15) is 0 Å². The van der Waals surface area contributed by atoms with E-state index >= 15 is 0 Å². The van der Waals surface area contributed by atoms with Crippen LogP contribution in [0.25, 0.3) is 17.1 Å². The molecule has 0 atom stereocenters. The molecule has 0 bridgehead atoms. The predicted molar refractivity (Wildman–Crippen MR) is 166 cm³/mol. The van der Waals surface area contributed by atoms with Gasteiger partial charge >= 0.3 is 0 Å². The summed E-state index contributed by atoms with van der Waals surface area (Å²) in [5, 5.41) is 0. The van der Waals surface area contributed by atoms with Crippen LogP contribution in [-0.2, 0) is 6.17 Å². The molecular formula is C34H32BN2Si. The highest BCUT2D eigenvalue weighted by Gasteiger charge is 2.11. The first-order valence-electron chi connectivity index (χ1n) is 13.4. The van der Waals surface area contributed by atoms with E-state index in [1.54, 1.807) is 0 Å². The topological polar surface area (TPSA) is 17.8 Å². The molecule has 1 radical (unpaired) electrons. The van der Waals surface area contributed by atoms with E-state index in [-0.39, 0.29) is 9.52 Å². The monoisotopic (exact) mass is 507 g/mol. The molecule has 2 nitrogen and oxygen atoms in total. The summed E-state index contributed by atoms with van der Waals surface area (Å²) in [5.74, 6) is 0. The zero-order valence-electron chi connectivity index (χ0n) is 21.7. The van der Waals surface area contributed by atoms with Crippen LogP contribution in [0.1, 0.15) is 28.7 Å². The van der Waals surface area contributed by atoms with Crippen molar-refractivity contribution in [1.29, 1.82) is 0 Å². The number of hydrogen-bond donors (Lipinski definition) is 0. The Balaban J connectivity index is 1.25. The summed E-state index contributed by atoms with van der Waals surface area (Å²) in [6.07, 6.45) is 10.9. The van der Waals surface area contributed by atoms with Crippen molar-refractivity contribution in [2.45, 2.75) is 18.6 Å². The van der Waals surface area contributed by atoms with Gasteiger partial charge in [-0.05, 0) is 34.2 Å². The molecule has 4 heteroatoms. The largest absolute Gasteiger partial charge is 0.347 e. The molecule has 0 unspecified atom stereocenters. The van der Waals surface area contributed by atoms with Gasteiger partial charge in [-0.3, -0.25) is 4.98 Å². The predicted octanol–water partition coefficient (Wildman–Crippen LogP) is 6.48. The third-order valence-corrected chi connectivity index (χ3v) is 8.34. The fourth-order valence-electron chi connectivity index (χ4n) is 4.67. The summed E-state index contributed by atoms with van der Waals surface area (Å²) in [6.45, 7) is 0. The zero-order chi connectivity index (χ0) is 25.8. The number of aromatic nitrogens is 2. The summed E-state index contributed by atoms with van der Waals surface area (Å²) in [6, 6.07) is 43.8. The normalized spacial score (nSPS) is 11.5. The minimum Gasteiger partial charge on any atom is -0.347 e. The van der Waals surface area contributed by atoms with Gasteiger partial charge < -0.3 is 4.57 Å². The smallest absolute Gasteiger partial charge is 0.241 e. The number of rotatable bonds is 11. The van der Waals surface area contributed by atoms with Gasteiger partial charge in [0.05, 0.1) is 5.72 Å². The molecule has 0 amide bonds. The number of benzene rings is 4. The molecule has 185 valence electrons. The minimum absolute atomic E-state index is 0.296. The van der Waals surface area contributed by atoms with E-state index < -0.39 is 0 Å². The van der Waals surface area contributed by atoms with Crippen molar-refractivity contribution in [1.82, 2.24) is 9.55 Å². The van der Waals surface area contributed by atoms with Crippen molar-refractivity contribution in [3.8, 4) is 0 Å². The van der Waals surface area contributed by atoms with Crippen LogP contribution in [0.4, 0.5) is 0 Å². The molecule has 4 aromatic carbocycles. The van der Waals surface area contributed by atoms with Gasteiger partial charge in [0.2, 0.25) is 7.28 Å². The van der Waals surface area contributed by atoms with Crippen molar-refractivity contribution in [2.75, 3.05) is 0 Å². The first-order valence-corrected chi connectivity index (χ1v) is 15.4. The number of allylic oxidation sites excluding steroid dienone is 1. The third-order valence-electron chi connectivity index (χ3n) is 6.63. The highest BCUT2D eigenvalue weighted by atomic mass is 28.2. The molecule has 0 saturated carbocycles. The lowest BCUT2D eigenvalue weighted by atomic mass is 9.65. The number of nitrogens with zero attached hydrogens (tertiary/aromatic N) is 2. The average Bonchev–Trinajstić information content (AvgIpc) is 3.43. The van der Waals surface area contributed by atoms with Crippen molar-refractivity contribution in [3.63, 3.8) is 0 Å². The lowest BCUT2D eigenvalue weighted by Gasteiger charge is -2.11. The Bertz CT molecular complexity index is 1420. The summed E-state index contributed by atoms with van der Waals surface area (Å²) >= 11 is 0. The lowest BCUT2D eigenvalue weighted by molar-refractivity contribution is 0.897. The van der Waals surface area contributed by atoms with Gasteiger partial charge in [-0.15, -0.1) is 0 Å². The van der Waals surface area contributed by atoms with Crippen molar-refractivity contribution >= 4 is 39.6 Å². The molecule has 0 aliphatic carbocycles. The number of imidazole rings is 1. The summed E-state index contributed by atoms with van der Waals surface area (Å²) in [5.41, 5.74) is 8.47. The maximum absolute atomic E-state index is 4.71. The fourth-order valence-corrected chi connectivity index (χ4v) is 6.10. The van der Waals surface area contributed by atoms with E-state index in [2.05, 4.69) is 152 Å². The lowest BCUT2D eigenvalue weighted by Crippen LogP contribution is -2.29. The molecule has 0 N–H and O–H groups in total. The SMILES string of the molecule is [B](C(=Cc1ccccc1)c1ccccc1)c1nccn1C[SiH2]CCC=C(c1ccccc1)c1ccccc1. The van der Waals surface area contributed by atoms with Crippen LogP contribution >= 0.6 is 0 Å². The molecule has 0 fully saturated rings. The quantitative estimate of drug-likeness (QED) is 0.114. The van der Waals surface area contributed by atoms with Gasteiger partial charge in [-0.1, -0.05) is 145 Å². The molecular weight excluding hydrogens is 475 g/mol. The van der Waals surface area contributed by atoms with E-state index in [1.165, 1.54) is 39.3 Å². The molecule has 5 rings (SSSR count). The van der Waals surface area contributed by atoms with Crippen molar-refractivity contribution in [2.24, 2.45) is 0 Å². The van der Waals surface area contributed by atoms with Crippen LogP contribution in [0.3, 0.4) is 0 Å². The summed E-state index contributed by atoms with van der Waals surface area (Å²) < 4.78 is 2.33. The van der Waals surface area contributed by atoms with Crippen LogP contribution in [0.2, 0.25) is 6.04 Å². The van der Waals surface area contributed by atoms with Gasteiger partial charge in [-0.25, -0.2) is 0 Å². The van der Waals surface area contributed by atoms with Crippen LogP contribution in [0.5, 0.6) is 0 Å². The Morgan fingerprint density at radius 1 is 0.711 bits per heavy atom. The van der Waals surface area contributed by atoms with E-state index in [0.717, 1.165) is 18.3 Å². The van der Waals surface area contributed by atoms with Gasteiger partial charge in [0.25, 0.3) is 0 Å². The molecule has 38 heavy (non-hydrogen) atoms. The summed E-state index contributed by atoms with van der Waals surface area (Å²) in [7, 11) is 1.93. The van der Waals surface area contributed by atoms with Gasteiger partial charge in [0.1, 0.15) is 0 Å². The molecule has 1 heterocycles. The van der Waals surface area contributed by atoms with E-state index in [4.69, 9.17) is 4.98 Å². The standard InChI is InChI=1S/C34H32BN2Si/c1-5-14-28(15-6-1)26-33(31-20-11-4-12-21-31)35-34-36-23-24-37(34)27-38-25-13-22-32(29-16-7-2-8-17-29)30-18-9-3-10-19-30/h1-12,14-24,26H,13,25,27,38H2.